The summed E-state index contributed by atoms with van der Waals surface area (Å²) in [5, 5.41) is 0.996. The smallest absolute Gasteiger partial charge is 0.270 e. The number of ether oxygens (including phenoxy) is 3. The van der Waals surface area contributed by atoms with Gasteiger partial charge in [-0.25, -0.2) is 0 Å². The molecule has 6 nitrogen and oxygen atoms in total. The minimum Gasteiger partial charge on any atom is -0.493 e. The number of carbonyl (C=O) groups excluding carboxylic acids is 1. The molecule has 6 heteroatoms. The third kappa shape index (κ3) is 2.87. The lowest BCUT2D eigenvalue weighted by Gasteiger charge is -2.37. The number of aromatic nitrogens is 1. The van der Waals surface area contributed by atoms with Gasteiger partial charge in [0.15, 0.2) is 5.79 Å². The maximum absolute atomic E-state index is 13.2. The zero-order valence-electron chi connectivity index (χ0n) is 15.5. The molecule has 2 aromatic rings. The number of amides is 1. The highest BCUT2D eigenvalue weighted by atomic mass is 16.7. The molecule has 2 saturated heterocycles. The van der Waals surface area contributed by atoms with Crippen molar-refractivity contribution in [1.29, 1.82) is 0 Å². The molecule has 0 aliphatic carbocycles. The first-order valence-electron chi connectivity index (χ1n) is 9.49. The van der Waals surface area contributed by atoms with Gasteiger partial charge in [-0.15, -0.1) is 0 Å². The van der Waals surface area contributed by atoms with Crippen LogP contribution in [0.5, 0.6) is 5.75 Å². The molecule has 0 N–H and O–H groups in total. The van der Waals surface area contributed by atoms with Gasteiger partial charge >= 0.3 is 0 Å². The highest BCUT2D eigenvalue weighted by Gasteiger charge is 2.41. The highest BCUT2D eigenvalue weighted by Crippen LogP contribution is 2.33. The Morgan fingerprint density at radius 1 is 1.19 bits per heavy atom. The van der Waals surface area contributed by atoms with Crippen molar-refractivity contribution >= 4 is 16.8 Å². The molecule has 2 aliphatic rings. The van der Waals surface area contributed by atoms with Crippen LogP contribution in [0.2, 0.25) is 0 Å². The summed E-state index contributed by atoms with van der Waals surface area (Å²) in [5.41, 5.74) is 1.76. The van der Waals surface area contributed by atoms with Gasteiger partial charge in [0.25, 0.3) is 5.91 Å². The summed E-state index contributed by atoms with van der Waals surface area (Å²) in [5.74, 6) is 0.436. The minimum absolute atomic E-state index is 0.0679. The molecule has 0 unspecified atom stereocenters. The summed E-state index contributed by atoms with van der Waals surface area (Å²) >= 11 is 0. The molecule has 4 rings (SSSR count). The monoisotopic (exact) mass is 358 g/mol. The van der Waals surface area contributed by atoms with Crippen molar-refractivity contribution in [3.63, 3.8) is 0 Å². The van der Waals surface area contributed by atoms with Gasteiger partial charge in [0.05, 0.1) is 25.3 Å². The lowest BCUT2D eigenvalue weighted by Crippen LogP contribution is -2.47. The molecular weight excluding hydrogens is 332 g/mol. The average Bonchev–Trinajstić information content (AvgIpc) is 3.27. The lowest BCUT2D eigenvalue weighted by atomic mass is 10.0. The fourth-order valence-electron chi connectivity index (χ4n) is 4.05. The van der Waals surface area contributed by atoms with Crippen molar-refractivity contribution in [2.45, 2.75) is 39.0 Å². The summed E-state index contributed by atoms with van der Waals surface area (Å²) in [6, 6.07) is 7.95. The standard InChI is InChI=1S/C20H26N2O4/c1-3-22-16-6-5-7-18(24-4-2)15(16)14-17(22)19(23)21-10-8-20(9-11-21)25-12-13-26-20/h5-7,14H,3-4,8-13H2,1-2H3. The highest BCUT2D eigenvalue weighted by molar-refractivity contribution is 6.00. The van der Waals surface area contributed by atoms with Crippen molar-refractivity contribution in [3.8, 4) is 5.75 Å². The molecule has 3 heterocycles. The van der Waals surface area contributed by atoms with E-state index in [1.807, 2.05) is 36.1 Å². The third-order valence-electron chi connectivity index (χ3n) is 5.37. The molecular formula is C20H26N2O4. The van der Waals surface area contributed by atoms with Gasteiger partial charge in [0.2, 0.25) is 0 Å². The van der Waals surface area contributed by atoms with Crippen LogP contribution in [0, 0.1) is 0 Å². The van der Waals surface area contributed by atoms with Crippen LogP contribution < -0.4 is 4.74 Å². The molecule has 0 saturated carbocycles. The Labute approximate surface area is 153 Å². The molecule has 2 fully saturated rings. The van der Waals surface area contributed by atoms with Crippen molar-refractivity contribution in [3.05, 3.63) is 30.0 Å². The van der Waals surface area contributed by atoms with Crippen LogP contribution in [-0.2, 0) is 16.0 Å². The third-order valence-corrected chi connectivity index (χ3v) is 5.37. The molecule has 0 radical (unpaired) electrons. The van der Waals surface area contributed by atoms with E-state index < -0.39 is 5.79 Å². The van der Waals surface area contributed by atoms with E-state index in [1.54, 1.807) is 0 Å². The van der Waals surface area contributed by atoms with Crippen LogP contribution in [-0.4, -0.2) is 54.1 Å². The predicted octanol–water partition coefficient (Wildman–Crippen LogP) is 3.04. The van der Waals surface area contributed by atoms with Gasteiger partial charge in [0.1, 0.15) is 11.4 Å². The van der Waals surface area contributed by atoms with E-state index in [9.17, 15) is 4.79 Å². The van der Waals surface area contributed by atoms with E-state index in [4.69, 9.17) is 14.2 Å². The quantitative estimate of drug-likeness (QED) is 0.843. The Kier molecular flexibility index (Phi) is 4.63. The number of nitrogens with zero attached hydrogens (tertiary/aromatic N) is 2. The van der Waals surface area contributed by atoms with E-state index in [-0.39, 0.29) is 5.91 Å². The van der Waals surface area contributed by atoms with E-state index in [0.29, 0.717) is 32.9 Å². The van der Waals surface area contributed by atoms with Gasteiger partial charge in [-0.1, -0.05) is 6.07 Å². The summed E-state index contributed by atoms with van der Waals surface area (Å²) in [4.78, 5) is 15.1. The molecule has 26 heavy (non-hydrogen) atoms. The number of hydrogen-bond donors (Lipinski definition) is 0. The van der Waals surface area contributed by atoms with Gasteiger partial charge in [-0.3, -0.25) is 4.79 Å². The summed E-state index contributed by atoms with van der Waals surface area (Å²) in [7, 11) is 0. The Morgan fingerprint density at radius 3 is 2.58 bits per heavy atom. The summed E-state index contributed by atoms with van der Waals surface area (Å²) in [6.07, 6.45) is 1.46. The second-order valence-electron chi connectivity index (χ2n) is 6.80. The first-order chi connectivity index (χ1) is 12.7. The van der Waals surface area contributed by atoms with E-state index >= 15 is 0 Å². The summed E-state index contributed by atoms with van der Waals surface area (Å²) < 4.78 is 19.4. The molecule has 1 amide bonds. The van der Waals surface area contributed by atoms with Crippen LogP contribution >= 0.6 is 0 Å². The van der Waals surface area contributed by atoms with Crippen LogP contribution in [0.25, 0.3) is 10.9 Å². The normalized spacial score (nSPS) is 19.4. The fourth-order valence-corrected chi connectivity index (χ4v) is 4.05. The molecule has 2 aliphatic heterocycles. The molecule has 0 atom stereocenters. The lowest BCUT2D eigenvalue weighted by molar-refractivity contribution is -0.181. The first kappa shape index (κ1) is 17.4. The van der Waals surface area contributed by atoms with E-state index in [1.165, 1.54) is 0 Å². The fraction of sp³-hybridized carbons (Fsp3) is 0.550. The molecule has 1 aromatic heterocycles. The van der Waals surface area contributed by atoms with E-state index in [2.05, 4.69) is 11.5 Å². The topological polar surface area (TPSA) is 52.9 Å². The van der Waals surface area contributed by atoms with Crippen molar-refractivity contribution < 1.29 is 19.0 Å². The van der Waals surface area contributed by atoms with Crippen LogP contribution in [0.3, 0.4) is 0 Å². The number of piperidine rings is 1. The Bertz CT molecular complexity index is 797. The number of likely N-dealkylation sites (tertiary alicyclic amines) is 1. The number of hydrogen-bond acceptors (Lipinski definition) is 4. The second-order valence-corrected chi connectivity index (χ2v) is 6.80. The molecule has 1 aromatic carbocycles. The zero-order chi connectivity index (χ0) is 18.1. The average molecular weight is 358 g/mol. The van der Waals surface area contributed by atoms with Gasteiger partial charge < -0.3 is 23.7 Å². The van der Waals surface area contributed by atoms with Crippen molar-refractivity contribution in [1.82, 2.24) is 9.47 Å². The number of carbonyl (C=O) groups is 1. The number of benzene rings is 1. The van der Waals surface area contributed by atoms with Crippen LogP contribution in [0.4, 0.5) is 0 Å². The van der Waals surface area contributed by atoms with Crippen LogP contribution in [0.15, 0.2) is 24.3 Å². The molecule has 1 spiro atoms. The Balaban J connectivity index is 1.61. The van der Waals surface area contributed by atoms with Gasteiger partial charge in [-0.05, 0) is 32.0 Å². The maximum Gasteiger partial charge on any atom is 0.270 e. The SMILES string of the molecule is CCOc1cccc2c1cc(C(=O)N1CCC3(CC1)OCCO3)n2CC. The zero-order valence-corrected chi connectivity index (χ0v) is 15.5. The second kappa shape index (κ2) is 6.93. The summed E-state index contributed by atoms with van der Waals surface area (Å²) in [6.45, 7) is 7.99. The largest absolute Gasteiger partial charge is 0.493 e. The maximum atomic E-state index is 13.2. The van der Waals surface area contributed by atoms with Crippen molar-refractivity contribution in [2.24, 2.45) is 0 Å². The Hall–Kier alpha value is -2.05. The Morgan fingerprint density at radius 2 is 1.92 bits per heavy atom. The predicted molar refractivity (Wildman–Crippen MR) is 98.6 cm³/mol. The number of rotatable bonds is 4. The number of fused-ring (bicyclic) bond motifs is 1. The minimum atomic E-state index is -0.462. The van der Waals surface area contributed by atoms with Gasteiger partial charge in [0, 0.05) is 37.9 Å². The van der Waals surface area contributed by atoms with E-state index in [0.717, 1.165) is 41.7 Å². The molecule has 140 valence electrons. The van der Waals surface area contributed by atoms with Gasteiger partial charge in [-0.2, -0.15) is 0 Å². The van der Waals surface area contributed by atoms with Crippen LogP contribution in [0.1, 0.15) is 37.2 Å². The van der Waals surface area contributed by atoms with Crippen molar-refractivity contribution in [2.75, 3.05) is 32.9 Å². The number of aryl methyl sites for hydroxylation is 1. The molecule has 0 bridgehead atoms. The first-order valence-corrected chi connectivity index (χ1v) is 9.49.